The number of benzene rings is 1. The highest BCUT2D eigenvalue weighted by Gasteiger charge is 2.07. The summed E-state index contributed by atoms with van der Waals surface area (Å²) in [5.74, 6) is 0.210. The molecule has 0 saturated carbocycles. The van der Waals surface area contributed by atoms with E-state index in [2.05, 4.69) is 19.1 Å². The van der Waals surface area contributed by atoms with Gasteiger partial charge < -0.3 is 4.90 Å². The molecule has 0 aliphatic heterocycles. The van der Waals surface area contributed by atoms with E-state index in [-0.39, 0.29) is 5.91 Å². The molecule has 124 valence electrons. The zero-order valence-corrected chi connectivity index (χ0v) is 14.9. The molecule has 0 aliphatic rings. The number of unbranched alkanes of at least 4 members (excludes halogenated alkanes) is 5. The second kappa shape index (κ2) is 11.5. The van der Waals surface area contributed by atoms with E-state index in [1.165, 1.54) is 31.2 Å². The summed E-state index contributed by atoms with van der Waals surface area (Å²) in [7, 11) is 0. The largest absolute Gasteiger partial charge is 0.343 e. The Bertz CT molecular complexity index is 416. The fraction of sp³-hybridized carbons (Fsp3) is 0.632. The Labute approximate surface area is 140 Å². The Morgan fingerprint density at radius 2 is 1.55 bits per heavy atom. The normalized spacial score (nSPS) is 10.7. The van der Waals surface area contributed by atoms with Crippen LogP contribution in [0.2, 0.25) is 5.02 Å². The first-order valence-electron chi connectivity index (χ1n) is 8.63. The van der Waals surface area contributed by atoms with Crippen LogP contribution in [0, 0.1) is 0 Å². The Balaban J connectivity index is 2.18. The maximum atomic E-state index is 11.7. The smallest absolute Gasteiger partial charge is 0.219 e. The minimum atomic E-state index is 0.210. The van der Waals surface area contributed by atoms with Crippen LogP contribution in [-0.2, 0) is 11.2 Å². The predicted molar refractivity (Wildman–Crippen MR) is 95.4 cm³/mol. The summed E-state index contributed by atoms with van der Waals surface area (Å²) < 4.78 is 0. The predicted octanol–water partition coefficient (Wildman–Crippen LogP) is 5.48. The van der Waals surface area contributed by atoms with Gasteiger partial charge in [-0.1, -0.05) is 56.3 Å². The quantitative estimate of drug-likeness (QED) is 0.494. The highest BCUT2D eigenvalue weighted by molar-refractivity contribution is 6.30. The van der Waals surface area contributed by atoms with Gasteiger partial charge in [0.05, 0.1) is 0 Å². The lowest BCUT2D eigenvalue weighted by Gasteiger charge is -2.21. The third-order valence-electron chi connectivity index (χ3n) is 4.03. The number of hydrogen-bond donors (Lipinski definition) is 0. The first kappa shape index (κ1) is 19.0. The number of carbonyl (C=O) groups excluding carboxylic acids is 1. The first-order chi connectivity index (χ1) is 10.6. The van der Waals surface area contributed by atoms with Gasteiger partial charge in [-0.3, -0.25) is 4.79 Å². The second-order valence-electron chi connectivity index (χ2n) is 6.00. The van der Waals surface area contributed by atoms with Crippen molar-refractivity contribution in [2.24, 2.45) is 0 Å². The highest BCUT2D eigenvalue weighted by atomic mass is 35.5. The summed E-state index contributed by atoms with van der Waals surface area (Å²) in [5.41, 5.74) is 1.32. The standard InChI is InChI=1S/C19H30ClNO/c1-3-4-5-6-8-15-21(17(2)22)16-9-7-10-18-11-13-19(20)14-12-18/h11-14H,3-10,15-16H2,1-2H3. The van der Waals surface area contributed by atoms with E-state index in [9.17, 15) is 4.79 Å². The molecule has 3 heteroatoms. The monoisotopic (exact) mass is 323 g/mol. The summed E-state index contributed by atoms with van der Waals surface area (Å²) in [4.78, 5) is 13.7. The average molecular weight is 324 g/mol. The molecule has 0 aromatic heterocycles. The topological polar surface area (TPSA) is 20.3 Å². The number of hydrogen-bond acceptors (Lipinski definition) is 1. The van der Waals surface area contributed by atoms with E-state index >= 15 is 0 Å². The van der Waals surface area contributed by atoms with Crippen molar-refractivity contribution in [1.29, 1.82) is 0 Å². The van der Waals surface area contributed by atoms with E-state index in [0.29, 0.717) is 0 Å². The molecule has 0 spiro atoms. The summed E-state index contributed by atoms with van der Waals surface area (Å²) in [6.45, 7) is 5.71. The van der Waals surface area contributed by atoms with E-state index in [1.54, 1.807) is 6.92 Å². The third-order valence-corrected chi connectivity index (χ3v) is 4.29. The Morgan fingerprint density at radius 3 is 2.14 bits per heavy atom. The first-order valence-corrected chi connectivity index (χ1v) is 9.01. The lowest BCUT2D eigenvalue weighted by atomic mass is 10.1. The molecule has 1 aromatic rings. The van der Waals surface area contributed by atoms with Crippen LogP contribution in [0.1, 0.15) is 64.4 Å². The number of carbonyl (C=O) groups is 1. The molecule has 0 unspecified atom stereocenters. The summed E-state index contributed by atoms with van der Waals surface area (Å²) in [6, 6.07) is 8.04. The Kier molecular flexibility index (Phi) is 9.98. The van der Waals surface area contributed by atoms with Gasteiger partial charge in [0.1, 0.15) is 0 Å². The van der Waals surface area contributed by atoms with Crippen molar-refractivity contribution in [1.82, 2.24) is 4.90 Å². The van der Waals surface area contributed by atoms with Crippen LogP contribution in [-0.4, -0.2) is 23.9 Å². The van der Waals surface area contributed by atoms with Gasteiger partial charge in [0.25, 0.3) is 0 Å². The molecular weight excluding hydrogens is 294 g/mol. The molecule has 1 amide bonds. The summed E-state index contributed by atoms with van der Waals surface area (Å²) in [5, 5.41) is 0.787. The fourth-order valence-electron chi connectivity index (χ4n) is 2.62. The molecule has 0 saturated heterocycles. The van der Waals surface area contributed by atoms with Gasteiger partial charge in [0.15, 0.2) is 0 Å². The molecule has 1 aromatic carbocycles. The Morgan fingerprint density at radius 1 is 0.955 bits per heavy atom. The zero-order chi connectivity index (χ0) is 16.2. The maximum absolute atomic E-state index is 11.7. The van der Waals surface area contributed by atoms with E-state index in [4.69, 9.17) is 11.6 Å². The van der Waals surface area contributed by atoms with Crippen LogP contribution in [0.15, 0.2) is 24.3 Å². The molecule has 22 heavy (non-hydrogen) atoms. The molecular formula is C19H30ClNO. The lowest BCUT2D eigenvalue weighted by Crippen LogP contribution is -2.30. The van der Waals surface area contributed by atoms with Crippen molar-refractivity contribution < 1.29 is 4.79 Å². The molecule has 0 heterocycles. The van der Waals surface area contributed by atoms with Crippen molar-refractivity contribution in [2.75, 3.05) is 13.1 Å². The van der Waals surface area contributed by atoms with Gasteiger partial charge in [-0.2, -0.15) is 0 Å². The second-order valence-corrected chi connectivity index (χ2v) is 6.44. The number of rotatable bonds is 11. The van der Waals surface area contributed by atoms with Crippen molar-refractivity contribution >= 4 is 17.5 Å². The van der Waals surface area contributed by atoms with E-state index in [1.807, 2.05) is 17.0 Å². The van der Waals surface area contributed by atoms with Crippen LogP contribution in [0.3, 0.4) is 0 Å². The maximum Gasteiger partial charge on any atom is 0.219 e. The number of amides is 1. The molecule has 0 radical (unpaired) electrons. The third kappa shape index (κ3) is 8.43. The fourth-order valence-corrected chi connectivity index (χ4v) is 2.74. The van der Waals surface area contributed by atoms with E-state index < -0.39 is 0 Å². The molecule has 0 bridgehead atoms. The van der Waals surface area contributed by atoms with Gasteiger partial charge in [-0.25, -0.2) is 0 Å². The van der Waals surface area contributed by atoms with Gasteiger partial charge in [0, 0.05) is 25.0 Å². The molecule has 0 aliphatic carbocycles. The SMILES string of the molecule is CCCCCCCN(CCCCc1ccc(Cl)cc1)C(C)=O. The molecule has 1 rings (SSSR count). The highest BCUT2D eigenvalue weighted by Crippen LogP contribution is 2.12. The van der Waals surface area contributed by atoms with Crippen molar-refractivity contribution in [3.63, 3.8) is 0 Å². The lowest BCUT2D eigenvalue weighted by molar-refractivity contribution is -0.129. The van der Waals surface area contributed by atoms with Gasteiger partial charge in [-0.15, -0.1) is 0 Å². The summed E-state index contributed by atoms with van der Waals surface area (Å²) >= 11 is 5.89. The van der Waals surface area contributed by atoms with Crippen molar-refractivity contribution in [3.8, 4) is 0 Å². The van der Waals surface area contributed by atoms with E-state index in [0.717, 1.165) is 43.8 Å². The van der Waals surface area contributed by atoms with Crippen LogP contribution in [0.25, 0.3) is 0 Å². The van der Waals surface area contributed by atoms with Gasteiger partial charge in [-0.05, 0) is 43.4 Å². The zero-order valence-electron chi connectivity index (χ0n) is 14.1. The molecule has 0 N–H and O–H groups in total. The van der Waals surface area contributed by atoms with Gasteiger partial charge in [0.2, 0.25) is 5.91 Å². The number of aryl methyl sites for hydroxylation is 1. The van der Waals surface area contributed by atoms with Crippen LogP contribution < -0.4 is 0 Å². The van der Waals surface area contributed by atoms with Crippen LogP contribution in [0.5, 0.6) is 0 Å². The Hall–Kier alpha value is -1.02. The minimum Gasteiger partial charge on any atom is -0.343 e. The average Bonchev–Trinajstić information content (AvgIpc) is 2.50. The number of nitrogens with zero attached hydrogens (tertiary/aromatic N) is 1. The number of halogens is 1. The van der Waals surface area contributed by atoms with Crippen LogP contribution in [0.4, 0.5) is 0 Å². The van der Waals surface area contributed by atoms with Crippen molar-refractivity contribution in [3.05, 3.63) is 34.9 Å². The molecule has 0 fully saturated rings. The molecule has 0 atom stereocenters. The summed E-state index contributed by atoms with van der Waals surface area (Å²) in [6.07, 6.45) is 9.47. The minimum absolute atomic E-state index is 0.210. The molecule has 2 nitrogen and oxygen atoms in total. The van der Waals surface area contributed by atoms with Crippen molar-refractivity contribution in [2.45, 2.75) is 65.2 Å². The van der Waals surface area contributed by atoms with Crippen LogP contribution >= 0.6 is 11.6 Å². The van der Waals surface area contributed by atoms with Gasteiger partial charge >= 0.3 is 0 Å².